The van der Waals surface area contributed by atoms with E-state index in [9.17, 15) is 9.18 Å². The lowest BCUT2D eigenvalue weighted by Crippen LogP contribution is -2.41. The minimum atomic E-state index is -0.256. The number of benzene rings is 2. The molecule has 0 radical (unpaired) electrons. The summed E-state index contributed by atoms with van der Waals surface area (Å²) < 4.78 is 19.2. The molecule has 1 saturated heterocycles. The lowest BCUT2D eigenvalue weighted by atomic mass is 10.0. The minimum absolute atomic E-state index is 0.159. The SMILES string of the molecule is O=C(CCc1ccccc1)N1CCc2nc(Cc3cccc(F)c3)nc(N3CCOCC3)c2C1. The summed E-state index contributed by atoms with van der Waals surface area (Å²) in [7, 11) is 0. The summed E-state index contributed by atoms with van der Waals surface area (Å²) in [4.78, 5) is 27.0. The molecule has 2 aromatic carbocycles. The van der Waals surface area contributed by atoms with Crippen molar-refractivity contribution in [3.05, 3.63) is 88.6 Å². The van der Waals surface area contributed by atoms with Crippen molar-refractivity contribution in [3.8, 4) is 0 Å². The number of aryl methyl sites for hydroxylation is 1. The summed E-state index contributed by atoms with van der Waals surface area (Å²) in [5.41, 5.74) is 4.05. The van der Waals surface area contributed by atoms with Crippen LogP contribution in [0.25, 0.3) is 0 Å². The normalized spacial score (nSPS) is 15.8. The summed E-state index contributed by atoms with van der Waals surface area (Å²) >= 11 is 0. The van der Waals surface area contributed by atoms with Crippen LogP contribution < -0.4 is 4.90 Å². The molecule has 3 aromatic rings. The third-order valence-corrected chi connectivity index (χ3v) is 6.47. The first-order valence-corrected chi connectivity index (χ1v) is 11.9. The van der Waals surface area contributed by atoms with Crippen molar-refractivity contribution < 1.29 is 13.9 Å². The number of nitrogens with zero attached hydrogens (tertiary/aromatic N) is 4. The Hall–Kier alpha value is -3.32. The van der Waals surface area contributed by atoms with E-state index < -0.39 is 0 Å². The Labute approximate surface area is 199 Å². The monoisotopic (exact) mass is 460 g/mol. The van der Waals surface area contributed by atoms with Crippen LogP contribution in [0.5, 0.6) is 0 Å². The van der Waals surface area contributed by atoms with Crippen LogP contribution in [0.3, 0.4) is 0 Å². The molecule has 1 fully saturated rings. The van der Waals surface area contributed by atoms with Gasteiger partial charge in [-0.05, 0) is 29.7 Å². The fourth-order valence-electron chi connectivity index (χ4n) is 4.66. The lowest BCUT2D eigenvalue weighted by Gasteiger charge is -2.34. The average Bonchev–Trinajstić information content (AvgIpc) is 2.88. The Kier molecular flexibility index (Phi) is 6.81. The van der Waals surface area contributed by atoms with Crippen molar-refractivity contribution in [3.63, 3.8) is 0 Å². The number of aromatic nitrogens is 2. The van der Waals surface area contributed by atoms with E-state index in [1.54, 1.807) is 6.07 Å². The zero-order valence-corrected chi connectivity index (χ0v) is 19.3. The Bertz CT molecular complexity index is 1150. The highest BCUT2D eigenvalue weighted by Crippen LogP contribution is 2.28. The molecule has 6 nitrogen and oxygen atoms in total. The number of rotatable bonds is 6. The molecule has 0 saturated carbocycles. The maximum atomic E-state index is 13.7. The molecule has 5 rings (SSSR count). The second-order valence-electron chi connectivity index (χ2n) is 8.85. The van der Waals surface area contributed by atoms with Gasteiger partial charge in [-0.15, -0.1) is 0 Å². The molecular formula is C27H29FN4O2. The molecule has 0 unspecified atom stereocenters. The van der Waals surface area contributed by atoms with Crippen LogP contribution in [0.1, 0.15) is 34.6 Å². The lowest BCUT2D eigenvalue weighted by molar-refractivity contribution is -0.132. The van der Waals surface area contributed by atoms with Crippen LogP contribution in [-0.4, -0.2) is 53.6 Å². The summed E-state index contributed by atoms with van der Waals surface area (Å²) in [6, 6.07) is 16.7. The molecule has 0 bridgehead atoms. The molecule has 2 aliphatic heterocycles. The van der Waals surface area contributed by atoms with Crippen LogP contribution in [0.2, 0.25) is 0 Å². The van der Waals surface area contributed by atoms with Gasteiger partial charge in [0.1, 0.15) is 17.5 Å². The highest BCUT2D eigenvalue weighted by atomic mass is 19.1. The van der Waals surface area contributed by atoms with Crippen molar-refractivity contribution >= 4 is 11.7 Å². The molecule has 3 heterocycles. The summed E-state index contributed by atoms with van der Waals surface area (Å²) in [5.74, 6) is 1.48. The molecule has 2 aliphatic rings. The zero-order chi connectivity index (χ0) is 23.3. The molecule has 34 heavy (non-hydrogen) atoms. The van der Waals surface area contributed by atoms with Crippen molar-refractivity contribution in [2.24, 2.45) is 0 Å². The van der Waals surface area contributed by atoms with E-state index in [1.165, 1.54) is 17.7 Å². The molecule has 0 spiro atoms. The standard InChI is InChI=1S/C27H29FN4O2/c28-22-8-4-7-21(17-22)18-25-29-24-11-12-32(26(33)10-9-20-5-2-1-3-6-20)19-23(24)27(30-25)31-13-15-34-16-14-31/h1-8,17H,9-16,18-19H2. The van der Waals surface area contributed by atoms with Gasteiger partial charge < -0.3 is 14.5 Å². The molecule has 1 amide bonds. The van der Waals surface area contributed by atoms with Crippen LogP contribution in [0.15, 0.2) is 54.6 Å². The second kappa shape index (κ2) is 10.3. The van der Waals surface area contributed by atoms with E-state index in [0.717, 1.165) is 42.1 Å². The predicted molar refractivity (Wildman–Crippen MR) is 128 cm³/mol. The molecule has 0 N–H and O–H groups in total. The van der Waals surface area contributed by atoms with Crippen molar-refractivity contribution in [2.45, 2.75) is 32.2 Å². The van der Waals surface area contributed by atoms with Crippen LogP contribution >= 0.6 is 0 Å². The number of carbonyl (C=O) groups is 1. The van der Waals surface area contributed by atoms with E-state index in [0.29, 0.717) is 51.4 Å². The van der Waals surface area contributed by atoms with Gasteiger partial charge in [-0.25, -0.2) is 14.4 Å². The van der Waals surface area contributed by atoms with Gasteiger partial charge in [0, 0.05) is 44.5 Å². The average molecular weight is 461 g/mol. The minimum Gasteiger partial charge on any atom is -0.378 e. The number of fused-ring (bicyclic) bond motifs is 1. The number of hydrogen-bond donors (Lipinski definition) is 0. The third kappa shape index (κ3) is 5.25. The summed E-state index contributed by atoms with van der Waals surface area (Å²) in [6.07, 6.45) is 2.40. The highest BCUT2D eigenvalue weighted by Gasteiger charge is 2.28. The summed E-state index contributed by atoms with van der Waals surface area (Å²) in [6.45, 7) is 3.99. The van der Waals surface area contributed by atoms with Crippen LogP contribution in [0, 0.1) is 5.82 Å². The van der Waals surface area contributed by atoms with E-state index in [1.807, 2.05) is 29.2 Å². The largest absolute Gasteiger partial charge is 0.378 e. The van der Waals surface area contributed by atoms with Crippen LogP contribution in [-0.2, 0) is 35.3 Å². The Balaban J connectivity index is 1.37. The Morgan fingerprint density at radius 3 is 2.56 bits per heavy atom. The van der Waals surface area contributed by atoms with Gasteiger partial charge in [0.15, 0.2) is 0 Å². The first-order chi connectivity index (χ1) is 16.7. The molecule has 1 aromatic heterocycles. The smallest absolute Gasteiger partial charge is 0.223 e. The van der Waals surface area contributed by atoms with Crippen LogP contribution in [0.4, 0.5) is 10.2 Å². The quantitative estimate of drug-likeness (QED) is 0.563. The molecule has 0 aliphatic carbocycles. The first kappa shape index (κ1) is 22.5. The number of anilines is 1. The van der Waals surface area contributed by atoms with Crippen molar-refractivity contribution in [1.82, 2.24) is 14.9 Å². The predicted octanol–water partition coefficient (Wildman–Crippen LogP) is 3.56. The number of ether oxygens (including phenoxy) is 1. The van der Waals surface area contributed by atoms with Gasteiger partial charge >= 0.3 is 0 Å². The Morgan fingerprint density at radius 2 is 1.76 bits per heavy atom. The van der Waals surface area contributed by atoms with Gasteiger partial charge in [0.2, 0.25) is 5.91 Å². The number of carbonyl (C=O) groups excluding carboxylic acids is 1. The third-order valence-electron chi connectivity index (χ3n) is 6.47. The van der Waals surface area contributed by atoms with E-state index in [2.05, 4.69) is 17.0 Å². The molecular weight excluding hydrogens is 431 g/mol. The second-order valence-corrected chi connectivity index (χ2v) is 8.85. The fourth-order valence-corrected chi connectivity index (χ4v) is 4.66. The van der Waals surface area contributed by atoms with E-state index >= 15 is 0 Å². The number of halogens is 1. The van der Waals surface area contributed by atoms with Gasteiger partial charge in [0.05, 0.1) is 25.5 Å². The van der Waals surface area contributed by atoms with Gasteiger partial charge in [0.25, 0.3) is 0 Å². The summed E-state index contributed by atoms with van der Waals surface area (Å²) in [5, 5.41) is 0. The van der Waals surface area contributed by atoms with Gasteiger partial charge in [-0.2, -0.15) is 0 Å². The fraction of sp³-hybridized carbons (Fsp3) is 0.370. The van der Waals surface area contributed by atoms with Gasteiger partial charge in [-0.1, -0.05) is 42.5 Å². The molecule has 176 valence electrons. The number of amides is 1. The topological polar surface area (TPSA) is 58.6 Å². The zero-order valence-electron chi connectivity index (χ0n) is 19.3. The maximum Gasteiger partial charge on any atom is 0.223 e. The van der Waals surface area contributed by atoms with Crippen molar-refractivity contribution in [2.75, 3.05) is 37.7 Å². The number of hydrogen-bond acceptors (Lipinski definition) is 5. The first-order valence-electron chi connectivity index (χ1n) is 11.9. The van der Waals surface area contributed by atoms with E-state index in [-0.39, 0.29) is 11.7 Å². The van der Waals surface area contributed by atoms with E-state index in [4.69, 9.17) is 14.7 Å². The molecule has 0 atom stereocenters. The van der Waals surface area contributed by atoms with Gasteiger partial charge in [-0.3, -0.25) is 4.79 Å². The number of morpholine rings is 1. The maximum absolute atomic E-state index is 13.7. The van der Waals surface area contributed by atoms with Crippen molar-refractivity contribution in [1.29, 1.82) is 0 Å². The highest BCUT2D eigenvalue weighted by molar-refractivity contribution is 5.77. The Morgan fingerprint density at radius 1 is 0.971 bits per heavy atom. The molecule has 7 heteroatoms.